The lowest BCUT2D eigenvalue weighted by Crippen LogP contribution is -2.12. The van der Waals surface area contributed by atoms with E-state index in [1.165, 1.54) is 12.1 Å². The Hall–Kier alpha value is -0.910. The quantitative estimate of drug-likeness (QED) is 0.808. The first-order valence-corrected chi connectivity index (χ1v) is 7.83. The van der Waals surface area contributed by atoms with Gasteiger partial charge in [0.1, 0.15) is 11.6 Å². The van der Waals surface area contributed by atoms with Crippen molar-refractivity contribution in [3.8, 4) is 0 Å². The predicted molar refractivity (Wildman–Crippen MR) is 82.0 cm³/mol. The van der Waals surface area contributed by atoms with Gasteiger partial charge in [-0.25, -0.2) is 8.78 Å². The molecule has 2 aromatic carbocycles. The highest BCUT2D eigenvalue weighted by Crippen LogP contribution is 2.33. The second-order valence-corrected chi connectivity index (χ2v) is 6.23. The van der Waals surface area contributed by atoms with Crippen LogP contribution in [-0.4, -0.2) is 6.54 Å². The van der Waals surface area contributed by atoms with E-state index in [0.717, 1.165) is 27.7 Å². The Bertz CT molecular complexity index is 581. The topological polar surface area (TPSA) is 12.0 Å². The molecule has 0 saturated carbocycles. The van der Waals surface area contributed by atoms with E-state index >= 15 is 0 Å². The van der Waals surface area contributed by atoms with E-state index in [9.17, 15) is 8.78 Å². The standard InChI is InChI=1S/C15H14BrF2NS/c1-2-19-9-10-6-13(17)15(14(18)7-10)20-12-5-3-4-11(16)8-12/h3-8,19H,2,9H2,1H3. The van der Waals surface area contributed by atoms with Gasteiger partial charge in [0.15, 0.2) is 0 Å². The molecular weight excluding hydrogens is 344 g/mol. The summed E-state index contributed by atoms with van der Waals surface area (Å²) >= 11 is 4.43. The summed E-state index contributed by atoms with van der Waals surface area (Å²) in [6, 6.07) is 10.1. The van der Waals surface area contributed by atoms with Crippen LogP contribution in [0.4, 0.5) is 8.78 Å². The lowest BCUT2D eigenvalue weighted by atomic mass is 10.2. The van der Waals surface area contributed by atoms with Crippen LogP contribution in [0, 0.1) is 11.6 Å². The molecule has 0 atom stereocenters. The van der Waals surface area contributed by atoms with Crippen molar-refractivity contribution in [3.05, 3.63) is 58.1 Å². The van der Waals surface area contributed by atoms with E-state index < -0.39 is 11.6 Å². The molecule has 0 spiro atoms. The molecule has 0 aromatic heterocycles. The molecule has 5 heteroatoms. The highest BCUT2D eigenvalue weighted by atomic mass is 79.9. The van der Waals surface area contributed by atoms with Gasteiger partial charge in [0.2, 0.25) is 0 Å². The van der Waals surface area contributed by atoms with Gasteiger partial charge in [0.05, 0.1) is 4.90 Å². The van der Waals surface area contributed by atoms with E-state index in [1.807, 2.05) is 31.2 Å². The van der Waals surface area contributed by atoms with Gasteiger partial charge in [-0.1, -0.05) is 40.7 Å². The summed E-state index contributed by atoms with van der Waals surface area (Å²) < 4.78 is 28.9. The van der Waals surface area contributed by atoms with Crippen LogP contribution in [0.1, 0.15) is 12.5 Å². The van der Waals surface area contributed by atoms with Gasteiger partial charge in [-0.2, -0.15) is 0 Å². The largest absolute Gasteiger partial charge is 0.313 e. The molecule has 106 valence electrons. The second-order valence-electron chi connectivity index (χ2n) is 4.23. The van der Waals surface area contributed by atoms with Crippen molar-refractivity contribution >= 4 is 27.7 Å². The second kappa shape index (κ2) is 7.20. The number of rotatable bonds is 5. The Balaban J connectivity index is 2.24. The smallest absolute Gasteiger partial charge is 0.140 e. The summed E-state index contributed by atoms with van der Waals surface area (Å²) in [7, 11) is 0. The van der Waals surface area contributed by atoms with Crippen LogP contribution in [0.2, 0.25) is 0 Å². The van der Waals surface area contributed by atoms with Gasteiger partial charge in [0, 0.05) is 15.9 Å². The van der Waals surface area contributed by atoms with Crippen LogP contribution in [0.15, 0.2) is 50.7 Å². The van der Waals surface area contributed by atoms with E-state index in [4.69, 9.17) is 0 Å². The predicted octanol–water partition coefficient (Wildman–Crippen LogP) is 4.99. The zero-order valence-corrected chi connectivity index (χ0v) is 13.3. The third-order valence-corrected chi connectivity index (χ3v) is 4.23. The highest BCUT2D eigenvalue weighted by molar-refractivity contribution is 9.10. The van der Waals surface area contributed by atoms with Crippen molar-refractivity contribution in [3.63, 3.8) is 0 Å². The average Bonchev–Trinajstić information content (AvgIpc) is 2.40. The fraction of sp³-hybridized carbons (Fsp3) is 0.200. The maximum atomic E-state index is 14.0. The number of benzene rings is 2. The van der Waals surface area contributed by atoms with Crippen molar-refractivity contribution in [2.24, 2.45) is 0 Å². The summed E-state index contributed by atoms with van der Waals surface area (Å²) in [6.07, 6.45) is 0. The molecule has 0 amide bonds. The molecule has 0 bridgehead atoms. The third kappa shape index (κ3) is 4.04. The van der Waals surface area contributed by atoms with Crippen LogP contribution >= 0.6 is 27.7 Å². The lowest BCUT2D eigenvalue weighted by Gasteiger charge is -2.08. The van der Waals surface area contributed by atoms with Gasteiger partial charge in [-0.3, -0.25) is 0 Å². The van der Waals surface area contributed by atoms with Gasteiger partial charge in [-0.15, -0.1) is 0 Å². The molecule has 0 radical (unpaired) electrons. The molecular formula is C15H14BrF2NS. The zero-order chi connectivity index (χ0) is 14.5. The van der Waals surface area contributed by atoms with Crippen molar-refractivity contribution < 1.29 is 8.78 Å². The SMILES string of the molecule is CCNCc1cc(F)c(Sc2cccc(Br)c2)c(F)c1. The van der Waals surface area contributed by atoms with E-state index in [-0.39, 0.29) is 4.90 Å². The van der Waals surface area contributed by atoms with E-state index in [0.29, 0.717) is 12.1 Å². The van der Waals surface area contributed by atoms with Gasteiger partial charge in [-0.05, 0) is 42.4 Å². The van der Waals surface area contributed by atoms with Gasteiger partial charge >= 0.3 is 0 Å². The van der Waals surface area contributed by atoms with Crippen molar-refractivity contribution in [2.75, 3.05) is 6.54 Å². The Kier molecular flexibility index (Phi) is 5.57. The number of hydrogen-bond acceptors (Lipinski definition) is 2. The highest BCUT2D eigenvalue weighted by Gasteiger charge is 2.13. The molecule has 0 aliphatic rings. The van der Waals surface area contributed by atoms with E-state index in [2.05, 4.69) is 21.2 Å². The first-order valence-electron chi connectivity index (χ1n) is 6.22. The third-order valence-electron chi connectivity index (χ3n) is 2.65. The maximum absolute atomic E-state index is 14.0. The molecule has 0 unspecified atom stereocenters. The monoisotopic (exact) mass is 357 g/mol. The van der Waals surface area contributed by atoms with Crippen LogP contribution in [-0.2, 0) is 6.54 Å². The summed E-state index contributed by atoms with van der Waals surface area (Å²) in [4.78, 5) is 0.819. The molecule has 0 saturated heterocycles. The summed E-state index contributed by atoms with van der Waals surface area (Å²) in [5, 5.41) is 3.05. The molecule has 0 heterocycles. The van der Waals surface area contributed by atoms with Crippen molar-refractivity contribution in [2.45, 2.75) is 23.3 Å². The molecule has 0 aliphatic carbocycles. The Morgan fingerprint density at radius 1 is 1.15 bits per heavy atom. The first-order chi connectivity index (χ1) is 9.60. The summed E-state index contributed by atoms with van der Waals surface area (Å²) in [5.41, 5.74) is 0.612. The Morgan fingerprint density at radius 3 is 2.45 bits per heavy atom. The van der Waals surface area contributed by atoms with Crippen LogP contribution in [0.25, 0.3) is 0 Å². The molecule has 0 fully saturated rings. The number of halogens is 3. The normalized spacial score (nSPS) is 10.8. The minimum absolute atomic E-state index is 0.0309. The summed E-state index contributed by atoms with van der Waals surface area (Å²) in [6.45, 7) is 3.17. The minimum atomic E-state index is -0.525. The first kappa shape index (κ1) is 15.5. The van der Waals surface area contributed by atoms with Crippen LogP contribution in [0.3, 0.4) is 0 Å². The zero-order valence-electron chi connectivity index (χ0n) is 10.9. The fourth-order valence-electron chi connectivity index (χ4n) is 1.73. The fourth-order valence-corrected chi connectivity index (χ4v) is 3.16. The van der Waals surface area contributed by atoms with Crippen LogP contribution in [0.5, 0.6) is 0 Å². The molecule has 1 N–H and O–H groups in total. The minimum Gasteiger partial charge on any atom is -0.313 e. The maximum Gasteiger partial charge on any atom is 0.140 e. The van der Waals surface area contributed by atoms with Crippen molar-refractivity contribution in [1.29, 1.82) is 0 Å². The van der Waals surface area contributed by atoms with Gasteiger partial charge < -0.3 is 5.32 Å². The number of nitrogens with one attached hydrogen (secondary N) is 1. The Labute approximate surface area is 129 Å². The average molecular weight is 358 g/mol. The molecule has 20 heavy (non-hydrogen) atoms. The molecule has 1 nitrogen and oxygen atoms in total. The van der Waals surface area contributed by atoms with E-state index in [1.54, 1.807) is 0 Å². The molecule has 2 rings (SSSR count). The number of hydrogen-bond donors (Lipinski definition) is 1. The lowest BCUT2D eigenvalue weighted by molar-refractivity contribution is 0.535. The molecule has 2 aromatic rings. The molecule has 0 aliphatic heterocycles. The van der Waals surface area contributed by atoms with Crippen LogP contribution < -0.4 is 5.32 Å². The summed E-state index contributed by atoms with van der Waals surface area (Å²) in [5.74, 6) is -1.05. The van der Waals surface area contributed by atoms with Crippen molar-refractivity contribution in [1.82, 2.24) is 5.32 Å². The van der Waals surface area contributed by atoms with Gasteiger partial charge in [0.25, 0.3) is 0 Å². The Morgan fingerprint density at radius 2 is 1.85 bits per heavy atom.